The van der Waals surface area contributed by atoms with Gasteiger partial charge in [-0.2, -0.15) is 4.31 Å². The van der Waals surface area contributed by atoms with Gasteiger partial charge in [0.1, 0.15) is 5.75 Å². The highest BCUT2D eigenvalue weighted by Gasteiger charge is 2.39. The fourth-order valence-corrected chi connectivity index (χ4v) is 4.57. The first-order valence-electron chi connectivity index (χ1n) is 7.33. The maximum Gasteiger partial charge on any atom is 0.243 e. The summed E-state index contributed by atoms with van der Waals surface area (Å²) in [5.41, 5.74) is -0.425. The zero-order chi connectivity index (χ0) is 16.2. The number of ether oxygens (including phenoxy) is 1. The van der Waals surface area contributed by atoms with Crippen molar-refractivity contribution in [3.8, 4) is 5.75 Å². The number of aliphatic hydroxyl groups is 1. The minimum absolute atomic E-state index is 0.0385. The van der Waals surface area contributed by atoms with Gasteiger partial charge in [0.25, 0.3) is 0 Å². The summed E-state index contributed by atoms with van der Waals surface area (Å²) in [4.78, 5) is 0.221. The van der Waals surface area contributed by atoms with Gasteiger partial charge < -0.3 is 9.84 Å². The Labute approximate surface area is 132 Å². The normalized spacial score (nSPS) is 23.2. The SMILES string of the molecule is C=CC[C@]1(CO)CCCN(S(=O)(=O)c2cccc(OC)c2)C1. The van der Waals surface area contributed by atoms with Gasteiger partial charge in [0.2, 0.25) is 10.0 Å². The Bertz CT molecular complexity index is 629. The van der Waals surface area contributed by atoms with Crippen LogP contribution in [-0.4, -0.2) is 44.6 Å². The van der Waals surface area contributed by atoms with E-state index in [2.05, 4.69) is 6.58 Å². The molecule has 6 heteroatoms. The molecule has 1 saturated heterocycles. The fourth-order valence-electron chi connectivity index (χ4n) is 2.94. The third-order valence-corrected chi connectivity index (χ3v) is 6.06. The van der Waals surface area contributed by atoms with Crippen LogP contribution in [0.2, 0.25) is 0 Å². The first-order valence-corrected chi connectivity index (χ1v) is 8.77. The maximum atomic E-state index is 12.8. The molecule has 0 bridgehead atoms. The predicted octanol–water partition coefficient (Wildman–Crippen LogP) is 2.03. The summed E-state index contributed by atoms with van der Waals surface area (Å²) in [5.74, 6) is 0.512. The van der Waals surface area contributed by atoms with Gasteiger partial charge in [-0.3, -0.25) is 0 Å². The Balaban J connectivity index is 2.30. The first-order chi connectivity index (χ1) is 10.5. The molecule has 0 amide bonds. The van der Waals surface area contributed by atoms with Gasteiger partial charge in [-0.05, 0) is 31.4 Å². The van der Waals surface area contributed by atoms with E-state index in [1.807, 2.05) is 0 Å². The van der Waals surface area contributed by atoms with Crippen molar-refractivity contribution < 1.29 is 18.3 Å². The highest BCUT2D eigenvalue weighted by Crippen LogP contribution is 2.36. The van der Waals surface area contributed by atoms with Crippen molar-refractivity contribution in [3.63, 3.8) is 0 Å². The van der Waals surface area contributed by atoms with E-state index in [9.17, 15) is 13.5 Å². The highest BCUT2D eigenvalue weighted by atomic mass is 32.2. The minimum Gasteiger partial charge on any atom is -0.497 e. The van der Waals surface area contributed by atoms with Crippen molar-refractivity contribution in [2.24, 2.45) is 5.41 Å². The molecule has 1 aliphatic rings. The molecule has 1 aromatic rings. The van der Waals surface area contributed by atoms with E-state index in [1.165, 1.54) is 17.5 Å². The number of rotatable bonds is 6. The molecular formula is C16H23NO4S. The van der Waals surface area contributed by atoms with Crippen LogP contribution in [0.25, 0.3) is 0 Å². The van der Waals surface area contributed by atoms with Gasteiger partial charge in [0.15, 0.2) is 0 Å². The Morgan fingerprint density at radius 3 is 2.91 bits per heavy atom. The predicted molar refractivity (Wildman–Crippen MR) is 85.3 cm³/mol. The number of sulfonamides is 1. The van der Waals surface area contributed by atoms with Gasteiger partial charge in [0, 0.05) is 24.6 Å². The largest absolute Gasteiger partial charge is 0.497 e. The molecule has 0 aliphatic carbocycles. The number of allylic oxidation sites excluding steroid dienone is 1. The van der Waals surface area contributed by atoms with Gasteiger partial charge in [-0.25, -0.2) is 8.42 Å². The molecule has 0 unspecified atom stereocenters. The zero-order valence-electron chi connectivity index (χ0n) is 12.9. The van der Waals surface area contributed by atoms with Crippen LogP contribution in [0.4, 0.5) is 0 Å². The Morgan fingerprint density at radius 2 is 2.27 bits per heavy atom. The van der Waals surface area contributed by atoms with Crippen LogP contribution < -0.4 is 4.74 Å². The molecule has 1 atom stereocenters. The van der Waals surface area contributed by atoms with Gasteiger partial charge in [-0.15, -0.1) is 6.58 Å². The molecule has 1 heterocycles. The molecule has 0 spiro atoms. The van der Waals surface area contributed by atoms with E-state index in [-0.39, 0.29) is 11.5 Å². The third kappa shape index (κ3) is 3.34. The minimum atomic E-state index is -3.59. The quantitative estimate of drug-likeness (QED) is 0.813. The van der Waals surface area contributed by atoms with E-state index in [4.69, 9.17) is 4.74 Å². The summed E-state index contributed by atoms with van der Waals surface area (Å²) in [6, 6.07) is 6.47. The van der Waals surface area contributed by atoms with Crippen molar-refractivity contribution in [1.82, 2.24) is 4.31 Å². The molecule has 0 radical (unpaired) electrons. The van der Waals surface area contributed by atoms with Crippen molar-refractivity contribution in [2.75, 3.05) is 26.8 Å². The lowest BCUT2D eigenvalue weighted by atomic mass is 9.79. The Kier molecular flexibility index (Phi) is 5.26. The van der Waals surface area contributed by atoms with Gasteiger partial charge >= 0.3 is 0 Å². The third-order valence-electron chi connectivity index (χ3n) is 4.22. The molecule has 1 N–H and O–H groups in total. The summed E-state index contributed by atoms with van der Waals surface area (Å²) < 4.78 is 32.2. The van der Waals surface area contributed by atoms with E-state index < -0.39 is 15.4 Å². The van der Waals surface area contributed by atoms with Crippen LogP contribution in [0.5, 0.6) is 5.75 Å². The summed E-state index contributed by atoms with van der Waals surface area (Å²) >= 11 is 0. The molecule has 0 aromatic heterocycles. The summed E-state index contributed by atoms with van der Waals surface area (Å²) in [6.45, 7) is 4.47. The lowest BCUT2D eigenvalue weighted by molar-refractivity contribution is 0.0669. The van der Waals surface area contributed by atoms with E-state index in [0.717, 1.165) is 12.8 Å². The zero-order valence-corrected chi connectivity index (χ0v) is 13.7. The number of methoxy groups -OCH3 is 1. The van der Waals surface area contributed by atoms with Crippen molar-refractivity contribution in [2.45, 2.75) is 24.2 Å². The molecule has 0 saturated carbocycles. The summed E-state index contributed by atoms with van der Waals surface area (Å²) in [6.07, 6.45) is 3.89. The van der Waals surface area contributed by atoms with Crippen LogP contribution in [0.1, 0.15) is 19.3 Å². The Hall–Kier alpha value is -1.37. The monoisotopic (exact) mass is 325 g/mol. The highest BCUT2D eigenvalue weighted by molar-refractivity contribution is 7.89. The van der Waals surface area contributed by atoms with Crippen LogP contribution >= 0.6 is 0 Å². The molecule has 22 heavy (non-hydrogen) atoms. The van der Waals surface area contributed by atoms with Crippen molar-refractivity contribution in [1.29, 1.82) is 0 Å². The van der Waals surface area contributed by atoms with Crippen LogP contribution in [0, 0.1) is 5.41 Å². The molecule has 5 nitrogen and oxygen atoms in total. The van der Waals surface area contributed by atoms with Gasteiger partial charge in [-0.1, -0.05) is 12.1 Å². The second kappa shape index (κ2) is 6.81. The van der Waals surface area contributed by atoms with Crippen LogP contribution in [0.15, 0.2) is 41.8 Å². The van der Waals surface area contributed by atoms with Gasteiger partial charge in [0.05, 0.1) is 18.6 Å². The second-order valence-electron chi connectivity index (χ2n) is 5.77. The number of piperidine rings is 1. The molecule has 1 aromatic carbocycles. The Morgan fingerprint density at radius 1 is 1.50 bits per heavy atom. The summed E-state index contributed by atoms with van der Waals surface area (Å²) in [7, 11) is -2.08. The van der Waals surface area contributed by atoms with Crippen molar-refractivity contribution in [3.05, 3.63) is 36.9 Å². The number of aliphatic hydroxyl groups excluding tert-OH is 1. The van der Waals surface area contributed by atoms with E-state index in [1.54, 1.807) is 24.3 Å². The number of hydrogen-bond acceptors (Lipinski definition) is 4. The second-order valence-corrected chi connectivity index (χ2v) is 7.71. The first kappa shape index (κ1) is 17.0. The molecule has 1 aliphatic heterocycles. The smallest absolute Gasteiger partial charge is 0.243 e. The molecular weight excluding hydrogens is 302 g/mol. The standard InChI is InChI=1S/C16H23NO4S/c1-3-8-16(13-18)9-5-10-17(12-16)22(19,20)15-7-4-6-14(11-15)21-2/h3-4,6-7,11,18H,1,5,8-10,12-13H2,2H3/t16-/m0/s1. The topological polar surface area (TPSA) is 66.8 Å². The lowest BCUT2D eigenvalue weighted by Gasteiger charge is -2.40. The molecule has 1 fully saturated rings. The van der Waals surface area contributed by atoms with Crippen LogP contribution in [-0.2, 0) is 10.0 Å². The van der Waals surface area contributed by atoms with Crippen LogP contribution in [0.3, 0.4) is 0 Å². The van der Waals surface area contributed by atoms with Crippen molar-refractivity contribution >= 4 is 10.0 Å². The number of nitrogens with zero attached hydrogens (tertiary/aromatic N) is 1. The number of hydrogen-bond donors (Lipinski definition) is 1. The molecule has 122 valence electrons. The average molecular weight is 325 g/mol. The average Bonchev–Trinajstić information content (AvgIpc) is 2.55. The van der Waals surface area contributed by atoms with E-state index in [0.29, 0.717) is 25.3 Å². The lowest BCUT2D eigenvalue weighted by Crippen LogP contribution is -2.47. The summed E-state index contributed by atoms with van der Waals surface area (Å²) in [5, 5.41) is 9.72. The van der Waals surface area contributed by atoms with E-state index >= 15 is 0 Å². The maximum absolute atomic E-state index is 12.8. The fraction of sp³-hybridized carbons (Fsp3) is 0.500. The molecule has 2 rings (SSSR count). The number of benzene rings is 1.